The van der Waals surface area contributed by atoms with Crippen LogP contribution in [0, 0.1) is 0 Å². The lowest BCUT2D eigenvalue weighted by molar-refractivity contribution is 0.104. The van der Waals surface area contributed by atoms with E-state index in [0.29, 0.717) is 23.6 Å². The Morgan fingerprint density at radius 3 is 2.52 bits per heavy atom. The molecular formula is C21H25NO3. The Balaban J connectivity index is 2.33. The van der Waals surface area contributed by atoms with Crippen molar-refractivity contribution in [3.05, 3.63) is 59.2 Å². The number of hydrogen-bond donors (Lipinski definition) is 2. The molecule has 0 spiro atoms. The first kappa shape index (κ1) is 18.6. The number of ketones is 1. The molecule has 0 aliphatic rings. The van der Waals surface area contributed by atoms with Crippen LogP contribution in [0.3, 0.4) is 0 Å². The summed E-state index contributed by atoms with van der Waals surface area (Å²) in [5.74, 6) is 0.842. The number of nitrogens with two attached hydrogens (primary N) is 1. The van der Waals surface area contributed by atoms with Crippen molar-refractivity contribution in [2.45, 2.75) is 33.1 Å². The van der Waals surface area contributed by atoms with Crippen LogP contribution in [0.5, 0.6) is 11.5 Å². The highest BCUT2D eigenvalue weighted by Gasteiger charge is 2.12. The maximum absolute atomic E-state index is 12.3. The summed E-state index contributed by atoms with van der Waals surface area (Å²) in [5, 5.41) is 10.2. The summed E-state index contributed by atoms with van der Waals surface area (Å²) in [6.45, 7) is 6.58. The molecule has 3 N–H and O–H groups in total. The molecule has 0 saturated heterocycles. The number of rotatable bonds is 7. The molecule has 0 radical (unpaired) electrons. The Bertz CT molecular complexity index is 761. The van der Waals surface area contributed by atoms with Gasteiger partial charge in [0.15, 0.2) is 5.78 Å². The fourth-order valence-corrected chi connectivity index (χ4v) is 2.44. The van der Waals surface area contributed by atoms with E-state index < -0.39 is 0 Å². The molecular weight excluding hydrogens is 314 g/mol. The van der Waals surface area contributed by atoms with Gasteiger partial charge >= 0.3 is 0 Å². The molecule has 4 heteroatoms. The van der Waals surface area contributed by atoms with Gasteiger partial charge in [0.2, 0.25) is 0 Å². The Morgan fingerprint density at radius 2 is 1.92 bits per heavy atom. The lowest BCUT2D eigenvalue weighted by Crippen LogP contribution is -2.00. The summed E-state index contributed by atoms with van der Waals surface area (Å²) < 4.78 is 5.72. The van der Waals surface area contributed by atoms with E-state index in [1.807, 2.05) is 26.8 Å². The van der Waals surface area contributed by atoms with E-state index in [9.17, 15) is 9.90 Å². The molecule has 0 heterocycles. The van der Waals surface area contributed by atoms with Gasteiger partial charge in [-0.2, -0.15) is 0 Å². The molecule has 0 bridgehead atoms. The van der Waals surface area contributed by atoms with E-state index in [2.05, 4.69) is 0 Å². The maximum atomic E-state index is 12.3. The molecule has 2 aromatic carbocycles. The van der Waals surface area contributed by atoms with E-state index in [1.165, 1.54) is 6.08 Å². The van der Waals surface area contributed by atoms with Gasteiger partial charge in [-0.3, -0.25) is 4.79 Å². The highest BCUT2D eigenvalue weighted by Crippen LogP contribution is 2.33. The number of carbonyl (C=O) groups is 1. The van der Waals surface area contributed by atoms with Gasteiger partial charge in [0.05, 0.1) is 6.61 Å². The monoisotopic (exact) mass is 339 g/mol. The number of ether oxygens (including phenoxy) is 1. The largest absolute Gasteiger partial charge is 0.508 e. The third-order valence-corrected chi connectivity index (χ3v) is 3.85. The van der Waals surface area contributed by atoms with Crippen molar-refractivity contribution >= 4 is 17.5 Å². The summed E-state index contributed by atoms with van der Waals surface area (Å²) in [6.07, 6.45) is 4.11. The number of benzene rings is 2. The minimum Gasteiger partial charge on any atom is -0.508 e. The smallest absolute Gasteiger partial charge is 0.185 e. The Morgan fingerprint density at radius 1 is 1.24 bits per heavy atom. The molecule has 0 aliphatic carbocycles. The predicted molar refractivity (Wildman–Crippen MR) is 102 cm³/mol. The molecule has 0 unspecified atom stereocenters. The molecule has 0 fully saturated rings. The molecule has 0 saturated carbocycles. The molecule has 2 aromatic rings. The van der Waals surface area contributed by atoms with E-state index in [4.69, 9.17) is 10.5 Å². The lowest BCUT2D eigenvalue weighted by Gasteiger charge is -2.14. The zero-order valence-corrected chi connectivity index (χ0v) is 15.0. The average molecular weight is 339 g/mol. The zero-order valence-electron chi connectivity index (χ0n) is 15.0. The van der Waals surface area contributed by atoms with E-state index >= 15 is 0 Å². The second-order valence-corrected chi connectivity index (χ2v) is 6.27. The van der Waals surface area contributed by atoms with Gasteiger partial charge in [0, 0.05) is 22.9 Å². The quantitative estimate of drug-likeness (QED) is 0.432. The van der Waals surface area contributed by atoms with E-state index in [-0.39, 0.29) is 17.5 Å². The van der Waals surface area contributed by atoms with Crippen molar-refractivity contribution in [3.8, 4) is 11.5 Å². The minimum atomic E-state index is -0.111. The van der Waals surface area contributed by atoms with Crippen LogP contribution in [0.4, 0.5) is 5.69 Å². The van der Waals surface area contributed by atoms with Crippen LogP contribution in [0.15, 0.2) is 42.5 Å². The number of phenolic OH excluding ortho intramolecular Hbond substituents is 1. The zero-order chi connectivity index (χ0) is 18.4. The molecule has 0 atom stereocenters. The number of carbonyl (C=O) groups excluding carboxylic acids is 1. The van der Waals surface area contributed by atoms with Gasteiger partial charge in [-0.05, 0) is 60.4 Å². The van der Waals surface area contributed by atoms with Crippen LogP contribution in [-0.4, -0.2) is 17.5 Å². The molecule has 132 valence electrons. The van der Waals surface area contributed by atoms with E-state index in [0.717, 1.165) is 17.5 Å². The second-order valence-electron chi connectivity index (χ2n) is 6.27. The summed E-state index contributed by atoms with van der Waals surface area (Å²) >= 11 is 0. The maximum Gasteiger partial charge on any atom is 0.185 e. The molecule has 4 nitrogen and oxygen atoms in total. The third-order valence-electron chi connectivity index (χ3n) is 3.85. The number of aromatic hydroxyl groups is 1. The van der Waals surface area contributed by atoms with Gasteiger partial charge < -0.3 is 15.6 Å². The minimum absolute atomic E-state index is 0.111. The molecule has 0 amide bonds. The number of allylic oxidation sites excluding steroid dienone is 1. The summed E-state index contributed by atoms with van der Waals surface area (Å²) in [7, 11) is 0. The van der Waals surface area contributed by atoms with Crippen molar-refractivity contribution < 1.29 is 14.6 Å². The normalized spacial score (nSPS) is 11.2. The first-order chi connectivity index (χ1) is 11.9. The highest BCUT2D eigenvalue weighted by molar-refractivity contribution is 6.07. The number of anilines is 1. The first-order valence-electron chi connectivity index (χ1n) is 8.50. The van der Waals surface area contributed by atoms with Crippen LogP contribution < -0.4 is 10.5 Å². The molecule has 0 aromatic heterocycles. The fraction of sp³-hybridized carbons (Fsp3) is 0.286. The topological polar surface area (TPSA) is 72.5 Å². The van der Waals surface area contributed by atoms with Crippen LogP contribution in [0.25, 0.3) is 6.08 Å². The Hall–Kier alpha value is -2.75. The Kier molecular flexibility index (Phi) is 6.23. The first-order valence-corrected chi connectivity index (χ1v) is 8.50. The molecule has 25 heavy (non-hydrogen) atoms. The Labute approximate surface area is 148 Å². The van der Waals surface area contributed by atoms with Crippen molar-refractivity contribution in [1.82, 2.24) is 0 Å². The van der Waals surface area contributed by atoms with Crippen molar-refractivity contribution in [2.75, 3.05) is 12.3 Å². The average Bonchev–Trinajstić information content (AvgIpc) is 2.58. The number of nitrogen functional groups attached to an aromatic ring is 1. The van der Waals surface area contributed by atoms with Crippen molar-refractivity contribution in [1.29, 1.82) is 0 Å². The summed E-state index contributed by atoms with van der Waals surface area (Å²) in [5.41, 5.74) is 8.44. The molecule has 0 aliphatic heterocycles. The SMILES string of the molecule is CCCOc1cc(O)c(C(C)C)cc1C=CC(=O)c1ccc(N)cc1. The number of phenols is 1. The number of hydrogen-bond acceptors (Lipinski definition) is 4. The van der Waals surface area contributed by atoms with Gasteiger partial charge in [0.25, 0.3) is 0 Å². The van der Waals surface area contributed by atoms with Crippen LogP contribution in [0.1, 0.15) is 54.6 Å². The van der Waals surface area contributed by atoms with Crippen LogP contribution in [-0.2, 0) is 0 Å². The standard InChI is InChI=1S/C21H25NO3/c1-4-11-25-21-13-20(24)18(14(2)3)12-16(21)7-10-19(23)15-5-8-17(22)9-6-15/h5-10,12-14,24H,4,11,22H2,1-3H3. The van der Waals surface area contributed by atoms with Gasteiger partial charge in [0.1, 0.15) is 11.5 Å². The lowest BCUT2D eigenvalue weighted by atomic mass is 9.98. The molecule has 2 rings (SSSR count). The summed E-state index contributed by atoms with van der Waals surface area (Å²) in [4.78, 5) is 12.3. The van der Waals surface area contributed by atoms with Gasteiger partial charge in [-0.25, -0.2) is 0 Å². The summed E-state index contributed by atoms with van der Waals surface area (Å²) in [6, 6.07) is 10.3. The third kappa shape index (κ3) is 4.86. The highest BCUT2D eigenvalue weighted by atomic mass is 16.5. The van der Waals surface area contributed by atoms with Gasteiger partial charge in [-0.15, -0.1) is 0 Å². The van der Waals surface area contributed by atoms with E-state index in [1.54, 1.807) is 36.4 Å². The predicted octanol–water partition coefficient (Wildman–Crippen LogP) is 4.78. The fourth-order valence-electron chi connectivity index (χ4n) is 2.44. The second kappa shape index (κ2) is 8.38. The van der Waals surface area contributed by atoms with Crippen molar-refractivity contribution in [3.63, 3.8) is 0 Å². The van der Waals surface area contributed by atoms with Gasteiger partial charge in [-0.1, -0.05) is 20.8 Å². The van der Waals surface area contributed by atoms with Crippen LogP contribution >= 0.6 is 0 Å². The van der Waals surface area contributed by atoms with Crippen molar-refractivity contribution in [2.24, 2.45) is 0 Å². The van der Waals surface area contributed by atoms with Crippen LogP contribution in [0.2, 0.25) is 0 Å².